The van der Waals surface area contributed by atoms with Crippen LogP contribution in [0.5, 0.6) is 0 Å². The molecular formula is C14H13ClF2N2. The van der Waals surface area contributed by atoms with E-state index in [4.69, 9.17) is 17.3 Å². The first-order valence-electron chi connectivity index (χ1n) is 5.67. The van der Waals surface area contributed by atoms with Gasteiger partial charge in [0.2, 0.25) is 0 Å². The van der Waals surface area contributed by atoms with Crippen LogP contribution in [0.3, 0.4) is 0 Å². The van der Waals surface area contributed by atoms with Crippen LogP contribution in [-0.4, -0.2) is 7.05 Å². The van der Waals surface area contributed by atoms with Crippen molar-refractivity contribution in [2.45, 2.75) is 6.54 Å². The maximum absolute atomic E-state index is 13.1. The Balaban J connectivity index is 2.22. The van der Waals surface area contributed by atoms with Crippen LogP contribution in [0.2, 0.25) is 5.02 Å². The molecule has 100 valence electrons. The molecule has 0 unspecified atom stereocenters. The summed E-state index contributed by atoms with van der Waals surface area (Å²) >= 11 is 5.92. The van der Waals surface area contributed by atoms with E-state index in [9.17, 15) is 8.78 Å². The summed E-state index contributed by atoms with van der Waals surface area (Å²) in [4.78, 5) is 1.83. The van der Waals surface area contributed by atoms with Gasteiger partial charge in [-0.3, -0.25) is 0 Å². The minimum atomic E-state index is -0.857. The highest BCUT2D eigenvalue weighted by Crippen LogP contribution is 2.27. The highest BCUT2D eigenvalue weighted by molar-refractivity contribution is 6.31. The highest BCUT2D eigenvalue weighted by Gasteiger charge is 2.09. The minimum Gasteiger partial charge on any atom is -0.397 e. The first-order valence-corrected chi connectivity index (χ1v) is 6.05. The molecule has 0 aromatic heterocycles. The largest absolute Gasteiger partial charge is 0.397 e. The van der Waals surface area contributed by atoms with Gasteiger partial charge < -0.3 is 10.6 Å². The van der Waals surface area contributed by atoms with Gasteiger partial charge in [0.1, 0.15) is 0 Å². The second-order valence-corrected chi connectivity index (χ2v) is 4.74. The van der Waals surface area contributed by atoms with Gasteiger partial charge in [-0.15, -0.1) is 0 Å². The normalized spacial score (nSPS) is 10.5. The summed E-state index contributed by atoms with van der Waals surface area (Å²) in [5.74, 6) is -1.71. The molecule has 0 amide bonds. The Morgan fingerprint density at radius 3 is 2.53 bits per heavy atom. The molecule has 0 atom stereocenters. The molecule has 2 N–H and O–H groups in total. The summed E-state index contributed by atoms with van der Waals surface area (Å²) in [5.41, 5.74) is 7.84. The van der Waals surface area contributed by atoms with E-state index in [0.717, 1.165) is 11.8 Å². The van der Waals surface area contributed by atoms with E-state index in [-0.39, 0.29) is 0 Å². The summed E-state index contributed by atoms with van der Waals surface area (Å²) in [7, 11) is 1.81. The fourth-order valence-electron chi connectivity index (χ4n) is 1.84. The van der Waals surface area contributed by atoms with E-state index in [0.29, 0.717) is 22.8 Å². The molecule has 5 heteroatoms. The zero-order valence-electron chi connectivity index (χ0n) is 10.3. The Kier molecular flexibility index (Phi) is 3.90. The van der Waals surface area contributed by atoms with E-state index >= 15 is 0 Å². The number of halogens is 3. The fourth-order valence-corrected chi connectivity index (χ4v) is 2.01. The van der Waals surface area contributed by atoms with Gasteiger partial charge in [0.25, 0.3) is 0 Å². The molecule has 0 aliphatic carbocycles. The summed E-state index contributed by atoms with van der Waals surface area (Å²) in [6.45, 7) is 0.405. The monoisotopic (exact) mass is 282 g/mol. The molecule has 2 aromatic rings. The quantitative estimate of drug-likeness (QED) is 0.867. The number of benzene rings is 2. The van der Waals surface area contributed by atoms with E-state index < -0.39 is 11.6 Å². The van der Waals surface area contributed by atoms with Crippen LogP contribution >= 0.6 is 11.6 Å². The predicted octanol–water partition coefficient (Wildman–Crippen LogP) is 3.84. The van der Waals surface area contributed by atoms with Crippen LogP contribution in [0.25, 0.3) is 0 Å². The molecule has 0 radical (unpaired) electrons. The molecule has 0 saturated heterocycles. The molecule has 2 rings (SSSR count). The number of hydrogen-bond acceptors (Lipinski definition) is 2. The molecule has 0 fully saturated rings. The van der Waals surface area contributed by atoms with Crippen molar-refractivity contribution in [3.05, 3.63) is 58.6 Å². The van der Waals surface area contributed by atoms with E-state index in [1.165, 1.54) is 12.1 Å². The summed E-state index contributed by atoms with van der Waals surface area (Å²) in [5, 5.41) is 0.571. The van der Waals surface area contributed by atoms with Crippen LogP contribution in [0.1, 0.15) is 5.56 Å². The van der Waals surface area contributed by atoms with Crippen molar-refractivity contribution in [2.24, 2.45) is 0 Å². The van der Waals surface area contributed by atoms with Crippen molar-refractivity contribution in [3.63, 3.8) is 0 Å². The second kappa shape index (κ2) is 5.45. The van der Waals surface area contributed by atoms with Crippen LogP contribution in [0.15, 0.2) is 36.4 Å². The van der Waals surface area contributed by atoms with Crippen molar-refractivity contribution in [2.75, 3.05) is 17.7 Å². The average Bonchev–Trinajstić information content (AvgIpc) is 2.36. The highest BCUT2D eigenvalue weighted by atomic mass is 35.5. The lowest BCUT2D eigenvalue weighted by Gasteiger charge is -2.21. The second-order valence-electron chi connectivity index (χ2n) is 4.31. The van der Waals surface area contributed by atoms with Crippen molar-refractivity contribution in [3.8, 4) is 0 Å². The zero-order chi connectivity index (χ0) is 14.0. The predicted molar refractivity (Wildman–Crippen MR) is 74.3 cm³/mol. The molecule has 0 spiro atoms. The summed E-state index contributed by atoms with van der Waals surface area (Å²) in [6.07, 6.45) is 0. The Hall–Kier alpha value is -1.81. The third-order valence-corrected chi connectivity index (χ3v) is 3.04. The number of hydrogen-bond donors (Lipinski definition) is 1. The lowest BCUT2D eigenvalue weighted by Crippen LogP contribution is -2.18. The smallest absolute Gasteiger partial charge is 0.159 e. The Morgan fingerprint density at radius 2 is 1.84 bits per heavy atom. The average molecular weight is 283 g/mol. The zero-order valence-corrected chi connectivity index (χ0v) is 11.1. The van der Waals surface area contributed by atoms with Gasteiger partial charge in [0, 0.05) is 18.6 Å². The summed E-state index contributed by atoms with van der Waals surface area (Å²) < 4.78 is 26.0. The summed E-state index contributed by atoms with van der Waals surface area (Å²) in [6, 6.07) is 8.96. The number of nitrogens with zero attached hydrogens (tertiary/aromatic N) is 1. The van der Waals surface area contributed by atoms with Crippen LogP contribution in [-0.2, 0) is 6.54 Å². The number of rotatable bonds is 3. The maximum atomic E-state index is 13.1. The molecule has 0 heterocycles. The lowest BCUT2D eigenvalue weighted by molar-refractivity contribution is 0.507. The molecular weight excluding hydrogens is 270 g/mol. The van der Waals surface area contributed by atoms with E-state index in [1.807, 2.05) is 11.9 Å². The van der Waals surface area contributed by atoms with E-state index in [1.54, 1.807) is 18.2 Å². The van der Waals surface area contributed by atoms with Gasteiger partial charge in [0.15, 0.2) is 11.6 Å². The molecule has 2 aromatic carbocycles. The van der Waals surface area contributed by atoms with Crippen LogP contribution in [0, 0.1) is 11.6 Å². The minimum absolute atomic E-state index is 0.405. The van der Waals surface area contributed by atoms with Crippen molar-refractivity contribution in [1.29, 1.82) is 0 Å². The van der Waals surface area contributed by atoms with Gasteiger partial charge in [0.05, 0.1) is 11.4 Å². The lowest BCUT2D eigenvalue weighted by atomic mass is 10.2. The molecule has 2 nitrogen and oxygen atoms in total. The molecule has 0 saturated carbocycles. The number of nitrogen functional groups attached to an aromatic ring is 1. The van der Waals surface area contributed by atoms with Gasteiger partial charge in [-0.1, -0.05) is 17.7 Å². The number of anilines is 2. The molecule has 0 aliphatic heterocycles. The fraction of sp³-hybridized carbons (Fsp3) is 0.143. The van der Waals surface area contributed by atoms with Crippen molar-refractivity contribution < 1.29 is 8.78 Å². The molecule has 0 aliphatic rings. The van der Waals surface area contributed by atoms with Gasteiger partial charge in [-0.2, -0.15) is 0 Å². The van der Waals surface area contributed by atoms with Crippen LogP contribution in [0.4, 0.5) is 20.2 Å². The Morgan fingerprint density at radius 1 is 1.11 bits per heavy atom. The standard InChI is InChI=1S/C14H13ClF2N2/c1-19(14-7-10(15)3-5-13(14)18)8-9-2-4-11(16)12(17)6-9/h2-7H,8,18H2,1H3. The number of nitrogens with two attached hydrogens (primary N) is 1. The SMILES string of the molecule is CN(Cc1ccc(F)c(F)c1)c1cc(Cl)ccc1N. The van der Waals surface area contributed by atoms with Crippen molar-refractivity contribution >= 4 is 23.0 Å². The van der Waals surface area contributed by atoms with Gasteiger partial charge in [-0.25, -0.2) is 8.78 Å². The molecule has 0 bridgehead atoms. The Labute approximate surface area is 115 Å². The topological polar surface area (TPSA) is 29.3 Å². The maximum Gasteiger partial charge on any atom is 0.159 e. The third-order valence-electron chi connectivity index (χ3n) is 2.81. The van der Waals surface area contributed by atoms with Crippen molar-refractivity contribution in [1.82, 2.24) is 0 Å². The van der Waals surface area contributed by atoms with E-state index in [2.05, 4.69) is 0 Å². The third kappa shape index (κ3) is 3.15. The van der Waals surface area contributed by atoms with Gasteiger partial charge in [-0.05, 0) is 35.9 Å². The van der Waals surface area contributed by atoms with Crippen LogP contribution < -0.4 is 10.6 Å². The van der Waals surface area contributed by atoms with Gasteiger partial charge >= 0.3 is 0 Å². The molecule has 19 heavy (non-hydrogen) atoms. The first kappa shape index (κ1) is 13.6. The first-order chi connectivity index (χ1) is 8.97. The Bertz CT molecular complexity index is 602.